The van der Waals surface area contributed by atoms with Crippen LogP contribution in [0.15, 0.2) is 23.2 Å². The molecule has 1 aliphatic carbocycles. The Morgan fingerprint density at radius 3 is 2.47 bits per heavy atom. The van der Waals surface area contributed by atoms with Gasteiger partial charge < -0.3 is 0 Å². The first-order valence-corrected chi connectivity index (χ1v) is 5.35. The van der Waals surface area contributed by atoms with E-state index in [1.165, 1.54) is 16.7 Å². The summed E-state index contributed by atoms with van der Waals surface area (Å²) in [6, 6.07) is 6.34. The molecule has 0 bridgehead atoms. The highest BCUT2D eigenvalue weighted by atomic mass is 16.1. The average molecular weight is 201 g/mol. The van der Waals surface area contributed by atoms with Crippen LogP contribution in [0.25, 0.3) is 0 Å². The predicted molar refractivity (Wildman–Crippen MR) is 59.6 cm³/mol. The second kappa shape index (κ2) is 3.63. The quantitative estimate of drug-likeness (QED) is 0.534. The molecule has 1 fully saturated rings. The van der Waals surface area contributed by atoms with Gasteiger partial charge in [-0.1, -0.05) is 18.2 Å². The van der Waals surface area contributed by atoms with Crippen molar-refractivity contribution in [2.24, 2.45) is 4.99 Å². The standard InChI is InChI=1S/C13H15NO/c1-10-4-5-12(8-11(10)2)13(14-9-15)6-3-7-13/h4-5,8H,3,6-7H2,1-2H3. The second-order valence-corrected chi connectivity index (χ2v) is 4.39. The number of carbonyl (C=O) groups excluding carboxylic acids is 1. The fourth-order valence-electron chi connectivity index (χ4n) is 2.09. The van der Waals surface area contributed by atoms with Gasteiger partial charge in [-0.15, -0.1) is 0 Å². The number of isocyanates is 1. The largest absolute Gasteiger partial charge is 0.235 e. The van der Waals surface area contributed by atoms with Crippen LogP contribution in [-0.4, -0.2) is 6.08 Å². The molecular formula is C13H15NO. The summed E-state index contributed by atoms with van der Waals surface area (Å²) >= 11 is 0. The molecule has 2 heteroatoms. The normalized spacial score (nSPS) is 17.7. The van der Waals surface area contributed by atoms with Crippen molar-refractivity contribution in [3.05, 3.63) is 34.9 Å². The van der Waals surface area contributed by atoms with Crippen molar-refractivity contribution >= 4 is 6.08 Å². The van der Waals surface area contributed by atoms with Crippen LogP contribution in [0.3, 0.4) is 0 Å². The monoisotopic (exact) mass is 201 g/mol. The molecule has 0 spiro atoms. The molecule has 78 valence electrons. The van der Waals surface area contributed by atoms with Crippen molar-refractivity contribution in [2.45, 2.75) is 38.6 Å². The second-order valence-electron chi connectivity index (χ2n) is 4.39. The maximum Gasteiger partial charge on any atom is 0.235 e. The van der Waals surface area contributed by atoms with Gasteiger partial charge in [0.15, 0.2) is 0 Å². The summed E-state index contributed by atoms with van der Waals surface area (Å²) in [6.45, 7) is 4.19. The van der Waals surface area contributed by atoms with Crippen molar-refractivity contribution in [1.82, 2.24) is 0 Å². The van der Waals surface area contributed by atoms with E-state index in [-0.39, 0.29) is 5.54 Å². The van der Waals surface area contributed by atoms with Crippen molar-refractivity contribution < 1.29 is 4.79 Å². The third kappa shape index (κ3) is 1.62. The van der Waals surface area contributed by atoms with Gasteiger partial charge in [0, 0.05) is 0 Å². The van der Waals surface area contributed by atoms with Gasteiger partial charge in [-0.05, 0) is 49.8 Å². The Morgan fingerprint density at radius 1 is 1.27 bits per heavy atom. The zero-order valence-electron chi connectivity index (χ0n) is 9.21. The number of aliphatic imine (C=N–C) groups is 1. The SMILES string of the molecule is Cc1ccc(C2(N=C=O)CCC2)cc1C. The Hall–Kier alpha value is -1.40. The molecule has 2 rings (SSSR count). The van der Waals surface area contributed by atoms with Crippen molar-refractivity contribution in [2.75, 3.05) is 0 Å². The molecule has 1 aromatic carbocycles. The van der Waals surface area contributed by atoms with Crippen molar-refractivity contribution in [1.29, 1.82) is 0 Å². The van der Waals surface area contributed by atoms with E-state index in [2.05, 4.69) is 37.0 Å². The zero-order valence-corrected chi connectivity index (χ0v) is 9.21. The average Bonchev–Trinajstić information content (AvgIpc) is 2.16. The number of rotatable bonds is 2. The molecular weight excluding hydrogens is 186 g/mol. The van der Waals surface area contributed by atoms with Gasteiger partial charge >= 0.3 is 0 Å². The minimum atomic E-state index is -0.250. The fraction of sp³-hybridized carbons (Fsp3) is 0.462. The molecule has 2 nitrogen and oxygen atoms in total. The molecule has 1 saturated carbocycles. The molecule has 0 saturated heterocycles. The number of hydrogen-bond donors (Lipinski definition) is 0. The van der Waals surface area contributed by atoms with E-state index in [1.807, 2.05) is 0 Å². The molecule has 0 heterocycles. The van der Waals surface area contributed by atoms with E-state index in [0.29, 0.717) is 0 Å². The van der Waals surface area contributed by atoms with Crippen LogP contribution >= 0.6 is 0 Å². The van der Waals surface area contributed by atoms with E-state index < -0.39 is 0 Å². The lowest BCUT2D eigenvalue weighted by Gasteiger charge is -2.37. The van der Waals surface area contributed by atoms with Crippen LogP contribution in [0.4, 0.5) is 0 Å². The predicted octanol–water partition coefficient (Wildman–Crippen LogP) is 3.02. The van der Waals surface area contributed by atoms with Gasteiger partial charge in [-0.25, -0.2) is 4.79 Å². The molecule has 0 unspecified atom stereocenters. The molecule has 0 aromatic heterocycles. The number of aryl methyl sites for hydroxylation is 2. The number of benzene rings is 1. The molecule has 0 atom stereocenters. The van der Waals surface area contributed by atoms with Crippen molar-refractivity contribution in [3.63, 3.8) is 0 Å². The van der Waals surface area contributed by atoms with Gasteiger partial charge in [0.1, 0.15) is 0 Å². The van der Waals surface area contributed by atoms with Gasteiger partial charge in [-0.3, -0.25) is 0 Å². The Labute approximate surface area is 90.0 Å². The Morgan fingerprint density at radius 2 is 2.00 bits per heavy atom. The van der Waals surface area contributed by atoms with Crippen LogP contribution in [-0.2, 0) is 10.3 Å². The van der Waals surface area contributed by atoms with E-state index in [1.54, 1.807) is 6.08 Å². The highest BCUT2D eigenvalue weighted by molar-refractivity contribution is 5.41. The van der Waals surface area contributed by atoms with Crippen LogP contribution in [0, 0.1) is 13.8 Å². The minimum Gasteiger partial charge on any atom is -0.211 e. The summed E-state index contributed by atoms with van der Waals surface area (Å²) in [5.41, 5.74) is 3.46. The summed E-state index contributed by atoms with van der Waals surface area (Å²) in [6.07, 6.45) is 4.82. The third-order valence-corrected chi connectivity index (χ3v) is 3.48. The Balaban J connectivity index is 2.43. The summed E-state index contributed by atoms with van der Waals surface area (Å²) in [4.78, 5) is 14.4. The molecule has 0 radical (unpaired) electrons. The molecule has 1 aliphatic rings. The minimum absolute atomic E-state index is 0.250. The van der Waals surface area contributed by atoms with Crippen LogP contribution < -0.4 is 0 Å². The maximum atomic E-state index is 10.4. The van der Waals surface area contributed by atoms with Crippen LogP contribution in [0.1, 0.15) is 36.0 Å². The molecule has 0 aliphatic heterocycles. The van der Waals surface area contributed by atoms with Crippen LogP contribution in [0.2, 0.25) is 0 Å². The topological polar surface area (TPSA) is 29.4 Å². The molecule has 1 aromatic rings. The van der Waals surface area contributed by atoms with Gasteiger partial charge in [-0.2, -0.15) is 4.99 Å². The molecule has 0 amide bonds. The van der Waals surface area contributed by atoms with E-state index >= 15 is 0 Å². The van der Waals surface area contributed by atoms with E-state index in [4.69, 9.17) is 0 Å². The van der Waals surface area contributed by atoms with E-state index in [9.17, 15) is 4.79 Å². The zero-order chi connectivity index (χ0) is 10.9. The highest BCUT2D eigenvalue weighted by Gasteiger charge is 2.38. The summed E-state index contributed by atoms with van der Waals surface area (Å²) in [7, 11) is 0. The van der Waals surface area contributed by atoms with Crippen molar-refractivity contribution in [3.8, 4) is 0 Å². The van der Waals surface area contributed by atoms with E-state index in [0.717, 1.165) is 19.3 Å². The molecule has 15 heavy (non-hydrogen) atoms. The Bertz CT molecular complexity index is 426. The third-order valence-electron chi connectivity index (χ3n) is 3.48. The maximum absolute atomic E-state index is 10.4. The smallest absolute Gasteiger partial charge is 0.211 e. The number of hydrogen-bond acceptors (Lipinski definition) is 2. The lowest BCUT2D eigenvalue weighted by Crippen LogP contribution is -2.31. The first-order chi connectivity index (χ1) is 7.18. The lowest BCUT2D eigenvalue weighted by atomic mass is 9.72. The Kier molecular flexibility index (Phi) is 2.45. The fourth-order valence-corrected chi connectivity index (χ4v) is 2.09. The highest BCUT2D eigenvalue weighted by Crippen LogP contribution is 2.44. The summed E-state index contributed by atoms with van der Waals surface area (Å²) in [5.74, 6) is 0. The number of nitrogens with zero attached hydrogens (tertiary/aromatic N) is 1. The van der Waals surface area contributed by atoms with Gasteiger partial charge in [0.25, 0.3) is 0 Å². The summed E-state index contributed by atoms with van der Waals surface area (Å²) in [5, 5.41) is 0. The molecule has 0 N–H and O–H groups in total. The first-order valence-electron chi connectivity index (χ1n) is 5.35. The first kappa shape index (κ1) is 10.1. The van der Waals surface area contributed by atoms with Crippen LogP contribution in [0.5, 0.6) is 0 Å². The van der Waals surface area contributed by atoms with Gasteiger partial charge in [0.05, 0.1) is 5.54 Å². The lowest BCUT2D eigenvalue weighted by molar-refractivity contribution is 0.256. The summed E-state index contributed by atoms with van der Waals surface area (Å²) < 4.78 is 0. The van der Waals surface area contributed by atoms with Gasteiger partial charge in [0.2, 0.25) is 6.08 Å².